The van der Waals surface area contributed by atoms with Gasteiger partial charge in [-0.25, -0.2) is 0 Å². The molecule has 2 heterocycles. The van der Waals surface area contributed by atoms with E-state index in [0.717, 1.165) is 42.7 Å². The lowest BCUT2D eigenvalue weighted by Gasteiger charge is -2.11. The summed E-state index contributed by atoms with van der Waals surface area (Å²) in [5.41, 5.74) is 2.23. The van der Waals surface area contributed by atoms with Gasteiger partial charge in [0.05, 0.1) is 17.7 Å². The van der Waals surface area contributed by atoms with Crippen LogP contribution >= 0.6 is 11.3 Å². The van der Waals surface area contributed by atoms with Gasteiger partial charge in [0.1, 0.15) is 0 Å². The molecule has 1 aliphatic carbocycles. The SMILES string of the molecule is O=C(C1=COCCC1)c1cc2c(s1)CCC2. The highest BCUT2D eigenvalue weighted by Crippen LogP contribution is 2.32. The number of hydrogen-bond acceptors (Lipinski definition) is 3. The average molecular weight is 234 g/mol. The molecule has 3 rings (SSSR count). The van der Waals surface area contributed by atoms with E-state index < -0.39 is 0 Å². The third kappa shape index (κ3) is 1.69. The summed E-state index contributed by atoms with van der Waals surface area (Å²) >= 11 is 1.68. The van der Waals surface area contributed by atoms with Gasteiger partial charge in [-0.05, 0) is 43.7 Å². The molecule has 0 fully saturated rings. The van der Waals surface area contributed by atoms with E-state index in [9.17, 15) is 4.79 Å². The Kier molecular flexibility index (Phi) is 2.56. The van der Waals surface area contributed by atoms with Crippen molar-refractivity contribution >= 4 is 17.1 Å². The molecule has 0 radical (unpaired) electrons. The number of Topliss-reactive ketones (excluding diaryl/α,β-unsaturated/α-hetero) is 1. The lowest BCUT2D eigenvalue weighted by atomic mass is 10.0. The Bertz CT molecular complexity index is 435. The van der Waals surface area contributed by atoms with E-state index in [1.165, 1.54) is 16.9 Å². The van der Waals surface area contributed by atoms with Crippen molar-refractivity contribution < 1.29 is 9.53 Å². The molecule has 0 aromatic carbocycles. The zero-order valence-electron chi connectivity index (χ0n) is 9.12. The summed E-state index contributed by atoms with van der Waals surface area (Å²) in [6.45, 7) is 0.748. The van der Waals surface area contributed by atoms with Crippen LogP contribution in [0.5, 0.6) is 0 Å². The Morgan fingerprint density at radius 3 is 2.94 bits per heavy atom. The lowest BCUT2D eigenvalue weighted by Crippen LogP contribution is -2.08. The van der Waals surface area contributed by atoms with Gasteiger partial charge in [-0.3, -0.25) is 4.79 Å². The number of carbonyl (C=O) groups is 1. The van der Waals surface area contributed by atoms with Crippen LogP contribution in [-0.4, -0.2) is 12.4 Å². The summed E-state index contributed by atoms with van der Waals surface area (Å²) < 4.78 is 5.22. The fourth-order valence-electron chi connectivity index (χ4n) is 2.33. The first kappa shape index (κ1) is 10.1. The second kappa shape index (κ2) is 4.06. The number of ether oxygens (including phenoxy) is 1. The monoisotopic (exact) mass is 234 g/mol. The summed E-state index contributed by atoms with van der Waals surface area (Å²) in [4.78, 5) is 14.5. The van der Waals surface area contributed by atoms with E-state index in [4.69, 9.17) is 4.74 Å². The first-order chi connectivity index (χ1) is 7.84. The van der Waals surface area contributed by atoms with Gasteiger partial charge in [-0.2, -0.15) is 0 Å². The summed E-state index contributed by atoms with van der Waals surface area (Å²) in [5.74, 6) is 0.180. The van der Waals surface area contributed by atoms with Crippen molar-refractivity contribution in [3.05, 3.63) is 33.2 Å². The summed E-state index contributed by atoms with van der Waals surface area (Å²) in [7, 11) is 0. The summed E-state index contributed by atoms with van der Waals surface area (Å²) in [5, 5.41) is 0. The molecule has 2 nitrogen and oxygen atoms in total. The molecule has 0 bridgehead atoms. The van der Waals surface area contributed by atoms with E-state index >= 15 is 0 Å². The second-order valence-electron chi connectivity index (χ2n) is 4.36. The van der Waals surface area contributed by atoms with Crippen LogP contribution < -0.4 is 0 Å². The van der Waals surface area contributed by atoms with Gasteiger partial charge in [0.2, 0.25) is 5.78 Å². The molecule has 16 heavy (non-hydrogen) atoms. The van der Waals surface area contributed by atoms with Gasteiger partial charge in [0, 0.05) is 10.5 Å². The largest absolute Gasteiger partial charge is 0.501 e. The Morgan fingerprint density at radius 2 is 2.19 bits per heavy atom. The minimum atomic E-state index is 0.180. The maximum absolute atomic E-state index is 12.2. The van der Waals surface area contributed by atoms with Crippen LogP contribution in [0, 0.1) is 0 Å². The second-order valence-corrected chi connectivity index (χ2v) is 5.50. The van der Waals surface area contributed by atoms with Crippen molar-refractivity contribution in [2.75, 3.05) is 6.61 Å². The molecule has 0 spiro atoms. The molecule has 0 unspecified atom stereocenters. The number of thiophene rings is 1. The number of fused-ring (bicyclic) bond motifs is 1. The molecule has 0 atom stereocenters. The van der Waals surface area contributed by atoms with Gasteiger partial charge < -0.3 is 4.74 Å². The van der Waals surface area contributed by atoms with Crippen LogP contribution in [0.4, 0.5) is 0 Å². The predicted molar refractivity (Wildman–Crippen MR) is 63.9 cm³/mol. The molecular formula is C13H14O2S. The zero-order chi connectivity index (χ0) is 11.0. The molecule has 0 amide bonds. The van der Waals surface area contributed by atoms with Crippen molar-refractivity contribution in [1.82, 2.24) is 0 Å². The molecule has 3 heteroatoms. The predicted octanol–water partition coefficient (Wildman–Crippen LogP) is 3.11. The van der Waals surface area contributed by atoms with E-state index in [1.807, 2.05) is 0 Å². The minimum Gasteiger partial charge on any atom is -0.501 e. The number of allylic oxidation sites excluding steroid dienone is 1. The highest BCUT2D eigenvalue weighted by molar-refractivity contribution is 7.14. The summed E-state index contributed by atoms with van der Waals surface area (Å²) in [6, 6.07) is 2.09. The van der Waals surface area contributed by atoms with Crippen molar-refractivity contribution in [2.24, 2.45) is 0 Å². The molecule has 84 valence electrons. The Hall–Kier alpha value is -1.09. The number of rotatable bonds is 2. The first-order valence-corrected chi connectivity index (χ1v) is 6.63. The standard InChI is InChI=1S/C13H14O2S/c14-13(10-4-2-6-15-8-10)12-7-9-3-1-5-11(9)16-12/h7-8H,1-6H2. The molecule has 0 saturated carbocycles. The maximum Gasteiger partial charge on any atom is 0.202 e. The van der Waals surface area contributed by atoms with Gasteiger partial charge in [0.25, 0.3) is 0 Å². The van der Waals surface area contributed by atoms with Crippen molar-refractivity contribution in [3.8, 4) is 0 Å². The number of hydrogen-bond donors (Lipinski definition) is 0. The van der Waals surface area contributed by atoms with Crippen molar-refractivity contribution in [2.45, 2.75) is 32.1 Å². The van der Waals surface area contributed by atoms with Crippen LogP contribution in [-0.2, 0) is 17.6 Å². The molecule has 1 aromatic heterocycles. The highest BCUT2D eigenvalue weighted by atomic mass is 32.1. The van der Waals surface area contributed by atoms with E-state index in [-0.39, 0.29) is 5.78 Å². The van der Waals surface area contributed by atoms with Crippen LogP contribution in [0.2, 0.25) is 0 Å². The van der Waals surface area contributed by atoms with E-state index in [0.29, 0.717) is 0 Å². The number of aryl methyl sites for hydroxylation is 2. The normalized spacial score (nSPS) is 18.9. The van der Waals surface area contributed by atoms with Gasteiger partial charge in [0.15, 0.2) is 0 Å². The molecular weight excluding hydrogens is 220 g/mol. The smallest absolute Gasteiger partial charge is 0.202 e. The van der Waals surface area contributed by atoms with Crippen LogP contribution in [0.3, 0.4) is 0 Å². The third-order valence-corrected chi connectivity index (χ3v) is 4.43. The fraction of sp³-hybridized carbons (Fsp3) is 0.462. The molecule has 2 aliphatic rings. The zero-order valence-corrected chi connectivity index (χ0v) is 9.94. The maximum atomic E-state index is 12.2. The van der Waals surface area contributed by atoms with E-state index in [2.05, 4.69) is 6.07 Å². The van der Waals surface area contributed by atoms with Crippen LogP contribution in [0.15, 0.2) is 17.9 Å². The third-order valence-electron chi connectivity index (χ3n) is 3.20. The summed E-state index contributed by atoms with van der Waals surface area (Å²) in [6.07, 6.45) is 7.03. The highest BCUT2D eigenvalue weighted by Gasteiger charge is 2.21. The molecule has 0 N–H and O–H groups in total. The Balaban J connectivity index is 1.86. The van der Waals surface area contributed by atoms with Crippen molar-refractivity contribution in [3.63, 3.8) is 0 Å². The minimum absolute atomic E-state index is 0.180. The molecule has 1 aromatic rings. The van der Waals surface area contributed by atoms with Crippen LogP contribution in [0.1, 0.15) is 39.4 Å². The molecule has 1 aliphatic heterocycles. The van der Waals surface area contributed by atoms with Crippen molar-refractivity contribution in [1.29, 1.82) is 0 Å². The number of ketones is 1. The topological polar surface area (TPSA) is 26.3 Å². The first-order valence-electron chi connectivity index (χ1n) is 5.81. The Labute approximate surface area is 98.9 Å². The fourth-order valence-corrected chi connectivity index (χ4v) is 3.56. The quantitative estimate of drug-likeness (QED) is 0.735. The van der Waals surface area contributed by atoms with Gasteiger partial charge >= 0.3 is 0 Å². The Morgan fingerprint density at radius 1 is 1.25 bits per heavy atom. The van der Waals surface area contributed by atoms with E-state index in [1.54, 1.807) is 17.6 Å². The van der Waals surface area contributed by atoms with Crippen LogP contribution in [0.25, 0.3) is 0 Å². The van der Waals surface area contributed by atoms with Gasteiger partial charge in [-0.1, -0.05) is 0 Å². The van der Waals surface area contributed by atoms with Gasteiger partial charge in [-0.15, -0.1) is 11.3 Å². The molecule has 0 saturated heterocycles. The number of carbonyl (C=O) groups excluding carboxylic acids is 1. The average Bonchev–Trinajstić information content (AvgIpc) is 2.89. The lowest BCUT2D eigenvalue weighted by molar-refractivity contribution is 0.101.